The first-order chi connectivity index (χ1) is 19.0. The summed E-state index contributed by atoms with van der Waals surface area (Å²) in [4.78, 5) is 29.0. The molecule has 0 spiro atoms. The van der Waals surface area contributed by atoms with Gasteiger partial charge in [0.05, 0.1) is 18.7 Å². The minimum absolute atomic E-state index is 0.0187. The summed E-state index contributed by atoms with van der Waals surface area (Å²) in [5, 5.41) is 9.62. The summed E-state index contributed by atoms with van der Waals surface area (Å²) in [6, 6.07) is 6.36. The number of halogens is 4. The van der Waals surface area contributed by atoms with Gasteiger partial charge in [-0.2, -0.15) is 18.2 Å². The second-order valence-electron chi connectivity index (χ2n) is 10.2. The molecule has 1 aliphatic carbocycles. The fourth-order valence-corrected chi connectivity index (χ4v) is 4.65. The molecule has 40 heavy (non-hydrogen) atoms. The van der Waals surface area contributed by atoms with Gasteiger partial charge in [-0.15, -0.1) is 0 Å². The zero-order valence-corrected chi connectivity index (χ0v) is 21.9. The van der Waals surface area contributed by atoms with Crippen LogP contribution in [-0.2, 0) is 12.7 Å². The Kier molecular flexibility index (Phi) is 7.43. The van der Waals surface area contributed by atoms with Crippen LogP contribution in [0, 0.1) is 11.7 Å². The zero-order chi connectivity index (χ0) is 28.6. The minimum Gasteiger partial charge on any atom is -0.476 e. The highest BCUT2D eigenvalue weighted by atomic mass is 19.4. The van der Waals surface area contributed by atoms with Crippen molar-refractivity contribution in [2.45, 2.75) is 58.2 Å². The Bertz CT molecular complexity index is 1560. The highest BCUT2D eigenvalue weighted by Crippen LogP contribution is 2.34. The summed E-state index contributed by atoms with van der Waals surface area (Å²) >= 11 is 0. The van der Waals surface area contributed by atoms with Gasteiger partial charge in [-0.05, 0) is 53.6 Å². The minimum atomic E-state index is -4.83. The van der Waals surface area contributed by atoms with Crippen LogP contribution < -0.4 is 4.74 Å². The van der Waals surface area contributed by atoms with E-state index in [9.17, 15) is 27.5 Å². The predicted molar refractivity (Wildman–Crippen MR) is 138 cm³/mol. The Morgan fingerprint density at radius 3 is 2.55 bits per heavy atom. The monoisotopic (exact) mass is 557 g/mol. The number of rotatable bonds is 9. The fraction of sp³-hybridized carbons (Fsp3) is 0.393. The molecular formula is C28H27F4N5O3. The fourth-order valence-electron chi connectivity index (χ4n) is 4.65. The van der Waals surface area contributed by atoms with Gasteiger partial charge in [0.2, 0.25) is 11.7 Å². The van der Waals surface area contributed by atoms with E-state index >= 15 is 0 Å². The molecule has 1 aromatic carbocycles. The summed E-state index contributed by atoms with van der Waals surface area (Å²) in [6.07, 6.45) is 0.894. The van der Waals surface area contributed by atoms with Crippen molar-refractivity contribution in [3.63, 3.8) is 0 Å². The average molecular weight is 558 g/mol. The molecule has 4 aromatic rings. The Labute approximate surface area is 227 Å². The summed E-state index contributed by atoms with van der Waals surface area (Å²) in [7, 11) is 0. The summed E-state index contributed by atoms with van der Waals surface area (Å²) in [6.45, 7) is 4.17. The number of nitrogens with zero attached hydrogens (tertiary/aromatic N) is 5. The van der Waals surface area contributed by atoms with Crippen molar-refractivity contribution in [2.75, 3.05) is 6.61 Å². The molecule has 0 atom stereocenters. The van der Waals surface area contributed by atoms with Crippen molar-refractivity contribution in [2.24, 2.45) is 5.92 Å². The molecule has 5 rings (SSSR count). The normalized spacial score (nSPS) is 14.1. The van der Waals surface area contributed by atoms with Crippen LogP contribution in [0.2, 0.25) is 0 Å². The lowest BCUT2D eigenvalue weighted by molar-refractivity contribution is -0.140. The molecule has 8 nitrogen and oxygen atoms in total. The van der Waals surface area contributed by atoms with E-state index in [1.54, 1.807) is 10.8 Å². The second-order valence-corrected chi connectivity index (χ2v) is 10.2. The van der Waals surface area contributed by atoms with Gasteiger partial charge in [-0.1, -0.05) is 39.2 Å². The van der Waals surface area contributed by atoms with Crippen molar-refractivity contribution in [3.05, 3.63) is 64.9 Å². The predicted octanol–water partition coefficient (Wildman–Crippen LogP) is 6.49. The Morgan fingerprint density at radius 1 is 1.15 bits per heavy atom. The van der Waals surface area contributed by atoms with E-state index in [4.69, 9.17) is 4.74 Å². The maximum Gasteiger partial charge on any atom is 0.419 e. The van der Waals surface area contributed by atoms with Crippen LogP contribution in [0.4, 0.5) is 17.6 Å². The van der Waals surface area contributed by atoms with E-state index in [1.807, 2.05) is 26.0 Å². The molecule has 0 bridgehead atoms. The zero-order valence-electron chi connectivity index (χ0n) is 21.9. The third kappa shape index (κ3) is 5.61. The van der Waals surface area contributed by atoms with Gasteiger partial charge < -0.3 is 14.4 Å². The van der Waals surface area contributed by atoms with Gasteiger partial charge in [-0.3, -0.25) is 4.98 Å². The van der Waals surface area contributed by atoms with Gasteiger partial charge in [0.15, 0.2) is 17.0 Å². The lowest BCUT2D eigenvalue weighted by Gasteiger charge is -2.24. The molecule has 12 heteroatoms. The summed E-state index contributed by atoms with van der Waals surface area (Å²) in [5.41, 5.74) is 0.490. The van der Waals surface area contributed by atoms with E-state index in [1.165, 1.54) is 6.07 Å². The maximum absolute atomic E-state index is 14.5. The molecule has 0 saturated heterocycles. The van der Waals surface area contributed by atoms with Crippen LogP contribution in [0.3, 0.4) is 0 Å². The third-order valence-electron chi connectivity index (χ3n) is 7.11. The van der Waals surface area contributed by atoms with Crippen LogP contribution in [0.25, 0.3) is 22.7 Å². The van der Waals surface area contributed by atoms with Gasteiger partial charge in [0.25, 0.3) is 0 Å². The number of fused-ring (bicyclic) bond motifs is 1. The molecule has 1 fully saturated rings. The lowest BCUT2D eigenvalue weighted by Crippen LogP contribution is -2.16. The molecule has 1 saturated carbocycles. The van der Waals surface area contributed by atoms with Crippen molar-refractivity contribution in [1.29, 1.82) is 0 Å². The Balaban J connectivity index is 1.66. The van der Waals surface area contributed by atoms with Crippen LogP contribution in [-0.4, -0.2) is 42.2 Å². The van der Waals surface area contributed by atoms with E-state index in [0.717, 1.165) is 37.3 Å². The molecule has 0 radical (unpaired) electrons. The number of alkyl halides is 3. The quantitative estimate of drug-likeness (QED) is 0.235. The first kappa shape index (κ1) is 27.5. The van der Waals surface area contributed by atoms with Crippen molar-refractivity contribution in [3.8, 4) is 17.4 Å². The SMILES string of the molecule is CC(C)c1ccnc(-c2nc3nc(C(=O)O)nc(OCCC4CCC4)c3n2Cc2ccc(C(F)(F)F)c(F)c2)c1. The molecule has 1 N–H and O–H groups in total. The molecular weight excluding hydrogens is 530 g/mol. The number of aromatic carboxylic acids is 1. The topological polar surface area (TPSA) is 103 Å². The number of imidazole rings is 1. The number of hydrogen-bond donors (Lipinski definition) is 1. The number of carboxylic acids is 1. The van der Waals surface area contributed by atoms with Crippen LogP contribution >= 0.6 is 0 Å². The maximum atomic E-state index is 14.5. The average Bonchev–Trinajstić information content (AvgIpc) is 3.23. The first-order valence-corrected chi connectivity index (χ1v) is 13.0. The largest absolute Gasteiger partial charge is 0.476 e. The van der Waals surface area contributed by atoms with Gasteiger partial charge in [-0.25, -0.2) is 19.2 Å². The second kappa shape index (κ2) is 10.8. The lowest BCUT2D eigenvalue weighted by atomic mass is 9.83. The molecule has 3 aromatic heterocycles. The summed E-state index contributed by atoms with van der Waals surface area (Å²) < 4.78 is 61.5. The molecule has 0 amide bonds. The van der Waals surface area contributed by atoms with Gasteiger partial charge >= 0.3 is 12.1 Å². The number of ether oxygens (including phenoxy) is 1. The van der Waals surface area contributed by atoms with E-state index in [0.29, 0.717) is 17.7 Å². The highest BCUT2D eigenvalue weighted by Gasteiger charge is 2.34. The van der Waals surface area contributed by atoms with Gasteiger partial charge in [0, 0.05) is 6.20 Å². The standard InChI is InChI=1S/C28H27F4N5O3/c1-15(2)18-8-10-33-21(13-18)25-35-23-22(37(25)14-17-6-7-19(20(29)12-17)28(30,31)32)26(36-24(34-23)27(38)39)40-11-9-16-4-3-5-16/h6-8,10,12-13,15-16H,3-5,9,11,14H2,1-2H3,(H,38,39). The van der Waals surface area contributed by atoms with Crippen LogP contribution in [0.5, 0.6) is 5.88 Å². The highest BCUT2D eigenvalue weighted by molar-refractivity contribution is 5.88. The molecule has 0 aliphatic heterocycles. The van der Waals surface area contributed by atoms with Crippen molar-refractivity contribution < 1.29 is 32.2 Å². The number of pyridine rings is 1. The number of carboxylic acid groups (broad SMARTS) is 1. The number of carbonyl (C=O) groups is 1. The van der Waals surface area contributed by atoms with Crippen molar-refractivity contribution in [1.82, 2.24) is 24.5 Å². The van der Waals surface area contributed by atoms with Crippen LogP contribution in [0.15, 0.2) is 36.5 Å². The van der Waals surface area contributed by atoms with Gasteiger partial charge in [0.1, 0.15) is 11.5 Å². The molecule has 210 valence electrons. The molecule has 1 aliphatic rings. The smallest absolute Gasteiger partial charge is 0.419 e. The number of aromatic nitrogens is 5. The molecule has 3 heterocycles. The van der Waals surface area contributed by atoms with Crippen molar-refractivity contribution >= 4 is 17.1 Å². The summed E-state index contributed by atoms with van der Waals surface area (Å²) in [5.74, 6) is -2.36. The first-order valence-electron chi connectivity index (χ1n) is 13.0. The Morgan fingerprint density at radius 2 is 1.93 bits per heavy atom. The van der Waals surface area contributed by atoms with Crippen LogP contribution in [0.1, 0.15) is 72.8 Å². The number of benzene rings is 1. The van der Waals surface area contributed by atoms with E-state index in [-0.39, 0.29) is 47.5 Å². The van der Waals surface area contributed by atoms with E-state index < -0.39 is 29.4 Å². The molecule has 0 unspecified atom stereocenters. The number of hydrogen-bond acceptors (Lipinski definition) is 6. The van der Waals surface area contributed by atoms with E-state index in [2.05, 4.69) is 19.9 Å². The third-order valence-corrected chi connectivity index (χ3v) is 7.11. The Hall–Kier alpha value is -4.09.